The Morgan fingerprint density at radius 3 is 2.72 bits per heavy atom. The number of benzene rings is 1. The molecule has 0 spiro atoms. The molecule has 3 rings (SSSR count). The number of carbonyl (C=O) groups is 1. The molecule has 32 heavy (non-hydrogen) atoms. The number of aliphatic imine (C=N–C) groups is 1. The highest BCUT2D eigenvalue weighted by Gasteiger charge is 2.14. The molecule has 1 saturated heterocycles. The molecule has 1 aliphatic heterocycles. The highest BCUT2D eigenvalue weighted by molar-refractivity contribution is 14.0. The number of morpholine rings is 1. The van der Waals surface area contributed by atoms with Crippen molar-refractivity contribution in [3.63, 3.8) is 0 Å². The topological polar surface area (TPSA) is 78.0 Å². The van der Waals surface area contributed by atoms with E-state index in [1.807, 2.05) is 18.2 Å². The zero-order valence-corrected chi connectivity index (χ0v) is 21.7. The Balaban J connectivity index is 0.00000363. The fraction of sp³-hybridized carbons (Fsp3) is 0.667. The van der Waals surface area contributed by atoms with E-state index < -0.39 is 0 Å². The van der Waals surface area contributed by atoms with Gasteiger partial charge in [0.15, 0.2) is 5.96 Å². The Labute approximate surface area is 210 Å². The first kappa shape index (κ1) is 26.9. The van der Waals surface area contributed by atoms with E-state index in [0.717, 1.165) is 62.5 Å². The number of carbonyl (C=O) groups excluding carboxylic acids is 1. The van der Waals surface area contributed by atoms with Gasteiger partial charge in [0.25, 0.3) is 0 Å². The molecule has 0 aromatic heterocycles. The molecule has 0 bridgehead atoms. The largest absolute Gasteiger partial charge is 0.379 e. The highest BCUT2D eigenvalue weighted by atomic mass is 127. The second-order valence-electron chi connectivity index (χ2n) is 8.60. The summed E-state index contributed by atoms with van der Waals surface area (Å²) in [4.78, 5) is 18.9. The Bertz CT molecular complexity index is 703. The van der Waals surface area contributed by atoms with Gasteiger partial charge in [-0.15, -0.1) is 24.0 Å². The molecule has 2 aliphatic rings. The molecular weight excluding hydrogens is 517 g/mol. The third kappa shape index (κ3) is 10.0. The molecule has 1 aromatic rings. The van der Waals surface area contributed by atoms with Gasteiger partial charge in [-0.1, -0.05) is 37.8 Å². The molecule has 0 atom stereocenters. The summed E-state index contributed by atoms with van der Waals surface area (Å²) in [6.45, 7) is 5.73. The van der Waals surface area contributed by atoms with Crippen molar-refractivity contribution in [1.82, 2.24) is 15.5 Å². The second kappa shape index (κ2) is 15.4. The monoisotopic (exact) mass is 557 g/mol. The maximum Gasteiger partial charge on any atom is 0.225 e. The van der Waals surface area contributed by atoms with Crippen molar-refractivity contribution in [1.29, 1.82) is 0 Å². The molecule has 1 aromatic carbocycles. The first-order chi connectivity index (χ1) is 15.2. The number of nitrogens with one attached hydrogen (secondary N) is 3. The van der Waals surface area contributed by atoms with Gasteiger partial charge < -0.3 is 20.7 Å². The van der Waals surface area contributed by atoms with E-state index in [4.69, 9.17) is 4.74 Å². The molecule has 180 valence electrons. The van der Waals surface area contributed by atoms with E-state index in [9.17, 15) is 4.79 Å². The van der Waals surface area contributed by atoms with Crippen LogP contribution < -0.4 is 16.0 Å². The lowest BCUT2D eigenvalue weighted by molar-refractivity contribution is -0.116. The maximum absolute atomic E-state index is 12.3. The SMILES string of the molecule is CN=C(NCCCC1CCCC1)NCc1cccc(NC(=O)CCN2CCOCC2)c1.I. The lowest BCUT2D eigenvalue weighted by Crippen LogP contribution is -2.38. The Kier molecular flexibility index (Phi) is 13.0. The number of anilines is 1. The van der Waals surface area contributed by atoms with Crippen LogP contribution in [0.3, 0.4) is 0 Å². The van der Waals surface area contributed by atoms with Crippen molar-refractivity contribution in [2.24, 2.45) is 10.9 Å². The van der Waals surface area contributed by atoms with Gasteiger partial charge in [-0.25, -0.2) is 0 Å². The van der Waals surface area contributed by atoms with Crippen LogP contribution in [0.1, 0.15) is 50.5 Å². The third-order valence-electron chi connectivity index (χ3n) is 6.21. The molecule has 2 fully saturated rings. The minimum absolute atomic E-state index is 0. The Morgan fingerprint density at radius 2 is 1.97 bits per heavy atom. The lowest BCUT2D eigenvalue weighted by atomic mass is 10.0. The molecule has 1 saturated carbocycles. The number of ether oxygens (including phenoxy) is 1. The molecule has 1 aliphatic carbocycles. The van der Waals surface area contributed by atoms with Crippen molar-refractivity contribution in [2.75, 3.05) is 51.8 Å². The van der Waals surface area contributed by atoms with E-state index >= 15 is 0 Å². The van der Waals surface area contributed by atoms with Gasteiger partial charge in [-0.05, 0) is 36.5 Å². The molecule has 0 radical (unpaired) electrons. The minimum Gasteiger partial charge on any atom is -0.379 e. The molecule has 0 unspecified atom stereocenters. The average molecular weight is 558 g/mol. The zero-order valence-electron chi connectivity index (χ0n) is 19.4. The predicted octanol–water partition coefficient (Wildman–Crippen LogP) is 3.60. The molecule has 1 amide bonds. The lowest BCUT2D eigenvalue weighted by Gasteiger charge is -2.26. The molecule has 8 heteroatoms. The van der Waals surface area contributed by atoms with Crippen LogP contribution in [0.5, 0.6) is 0 Å². The van der Waals surface area contributed by atoms with Crippen molar-refractivity contribution in [3.05, 3.63) is 29.8 Å². The van der Waals surface area contributed by atoms with Crippen LogP contribution >= 0.6 is 24.0 Å². The normalized spacial score (nSPS) is 17.6. The first-order valence-electron chi connectivity index (χ1n) is 11.9. The Morgan fingerprint density at radius 1 is 1.19 bits per heavy atom. The van der Waals surface area contributed by atoms with E-state index in [0.29, 0.717) is 13.0 Å². The summed E-state index contributed by atoms with van der Waals surface area (Å²) < 4.78 is 5.35. The van der Waals surface area contributed by atoms with Crippen LogP contribution in [0.25, 0.3) is 0 Å². The van der Waals surface area contributed by atoms with Gasteiger partial charge in [-0.2, -0.15) is 0 Å². The number of rotatable bonds is 10. The van der Waals surface area contributed by atoms with Crippen molar-refractivity contribution in [2.45, 2.75) is 51.5 Å². The quantitative estimate of drug-likeness (QED) is 0.178. The van der Waals surface area contributed by atoms with Gasteiger partial charge >= 0.3 is 0 Å². The van der Waals surface area contributed by atoms with Gasteiger partial charge in [0.05, 0.1) is 13.2 Å². The standard InChI is InChI=1S/C24H39N5O2.HI/c1-25-24(26-12-5-9-20-6-2-3-7-20)27-19-21-8-4-10-22(18-21)28-23(30)11-13-29-14-16-31-17-15-29;/h4,8,10,18,20H,2-3,5-7,9,11-17,19H2,1H3,(H,28,30)(H2,25,26,27);1H. The van der Waals surface area contributed by atoms with E-state index in [-0.39, 0.29) is 29.9 Å². The summed E-state index contributed by atoms with van der Waals surface area (Å²) in [5.74, 6) is 1.81. The van der Waals surface area contributed by atoms with Crippen LogP contribution in [0, 0.1) is 5.92 Å². The van der Waals surface area contributed by atoms with E-state index in [1.54, 1.807) is 7.05 Å². The number of nitrogens with zero attached hydrogens (tertiary/aromatic N) is 2. The second-order valence-corrected chi connectivity index (χ2v) is 8.60. The van der Waals surface area contributed by atoms with Gasteiger partial charge in [-0.3, -0.25) is 14.7 Å². The fourth-order valence-corrected chi connectivity index (χ4v) is 4.37. The van der Waals surface area contributed by atoms with Crippen molar-refractivity contribution >= 4 is 41.5 Å². The van der Waals surface area contributed by atoms with Gasteiger partial charge in [0.1, 0.15) is 0 Å². The van der Waals surface area contributed by atoms with Gasteiger partial charge in [0, 0.05) is 51.9 Å². The first-order valence-corrected chi connectivity index (χ1v) is 11.9. The number of halogens is 1. The van der Waals surface area contributed by atoms with E-state index in [2.05, 4.69) is 31.9 Å². The molecule has 7 nitrogen and oxygen atoms in total. The van der Waals surface area contributed by atoms with Crippen LogP contribution in [0.2, 0.25) is 0 Å². The number of hydrogen-bond acceptors (Lipinski definition) is 4. The maximum atomic E-state index is 12.3. The number of amides is 1. The number of guanidine groups is 1. The van der Waals surface area contributed by atoms with Crippen molar-refractivity contribution < 1.29 is 9.53 Å². The van der Waals surface area contributed by atoms with Crippen LogP contribution in [-0.4, -0.2) is 63.2 Å². The van der Waals surface area contributed by atoms with Gasteiger partial charge in [0.2, 0.25) is 5.91 Å². The zero-order chi connectivity index (χ0) is 21.7. The number of hydrogen-bond donors (Lipinski definition) is 3. The summed E-state index contributed by atoms with van der Waals surface area (Å²) >= 11 is 0. The third-order valence-corrected chi connectivity index (χ3v) is 6.21. The van der Waals surface area contributed by atoms with Crippen LogP contribution in [0.4, 0.5) is 5.69 Å². The summed E-state index contributed by atoms with van der Waals surface area (Å²) in [5, 5.41) is 9.81. The fourth-order valence-electron chi connectivity index (χ4n) is 4.37. The molecular formula is C24H40IN5O2. The van der Waals surface area contributed by atoms with Crippen LogP contribution in [0.15, 0.2) is 29.3 Å². The molecule has 1 heterocycles. The predicted molar refractivity (Wildman–Crippen MR) is 142 cm³/mol. The molecule has 3 N–H and O–H groups in total. The summed E-state index contributed by atoms with van der Waals surface area (Å²) in [6.07, 6.45) is 8.65. The minimum atomic E-state index is 0. The summed E-state index contributed by atoms with van der Waals surface area (Å²) in [5.41, 5.74) is 1.95. The highest BCUT2D eigenvalue weighted by Crippen LogP contribution is 2.28. The Hall–Kier alpha value is -1.39. The average Bonchev–Trinajstić information content (AvgIpc) is 3.32. The summed E-state index contributed by atoms with van der Waals surface area (Å²) in [6, 6.07) is 8.00. The van der Waals surface area contributed by atoms with E-state index in [1.165, 1.54) is 38.5 Å². The summed E-state index contributed by atoms with van der Waals surface area (Å²) in [7, 11) is 1.80. The smallest absolute Gasteiger partial charge is 0.225 e. The van der Waals surface area contributed by atoms with Crippen LogP contribution in [-0.2, 0) is 16.1 Å². The van der Waals surface area contributed by atoms with Crippen molar-refractivity contribution in [3.8, 4) is 0 Å².